The maximum Gasteiger partial charge on any atom is 0.407 e. The number of ether oxygens (including phenoxy) is 1. The van der Waals surface area contributed by atoms with Crippen LogP contribution >= 0.6 is 22.6 Å². The molecule has 0 radical (unpaired) electrons. The van der Waals surface area contributed by atoms with Crippen LogP contribution in [0, 0.1) is 9.39 Å². The van der Waals surface area contributed by atoms with Crippen LogP contribution in [0.1, 0.15) is 26.3 Å². The zero-order chi connectivity index (χ0) is 20.3. The third-order valence-electron chi connectivity index (χ3n) is 3.66. The molecule has 0 aliphatic heterocycles. The SMILES string of the molecule is CC(C)(C)OC(=O)NCc1cc(F)cc(-c2cnn(-c3ccc(I)cn3)c2)c1. The Hall–Kier alpha value is -2.49. The van der Waals surface area contributed by atoms with E-state index in [2.05, 4.69) is 38.0 Å². The van der Waals surface area contributed by atoms with E-state index < -0.39 is 17.5 Å². The average Bonchev–Trinajstić information content (AvgIpc) is 3.09. The minimum Gasteiger partial charge on any atom is -0.444 e. The van der Waals surface area contributed by atoms with Gasteiger partial charge < -0.3 is 10.1 Å². The monoisotopic (exact) mass is 494 g/mol. The van der Waals surface area contributed by atoms with Gasteiger partial charge in [-0.3, -0.25) is 0 Å². The van der Waals surface area contributed by atoms with Crippen LogP contribution in [-0.4, -0.2) is 26.5 Å². The average molecular weight is 494 g/mol. The van der Waals surface area contributed by atoms with Crippen molar-refractivity contribution in [3.63, 3.8) is 0 Å². The standard InChI is InChI=1S/C20H20FIN4O2/c1-20(2,3)28-19(27)24-9-13-6-14(8-16(21)7-13)15-10-25-26(12-15)18-5-4-17(22)11-23-18/h4-8,10-12H,9H2,1-3H3,(H,24,27). The number of nitrogens with one attached hydrogen (secondary N) is 1. The van der Waals surface area contributed by atoms with Crippen molar-refractivity contribution in [3.05, 3.63) is 63.9 Å². The molecule has 3 aromatic rings. The first-order valence-electron chi connectivity index (χ1n) is 8.63. The minimum absolute atomic E-state index is 0.159. The molecule has 6 nitrogen and oxygen atoms in total. The van der Waals surface area contributed by atoms with E-state index in [9.17, 15) is 9.18 Å². The molecule has 0 saturated heterocycles. The summed E-state index contributed by atoms with van der Waals surface area (Å²) in [5.41, 5.74) is 1.45. The highest BCUT2D eigenvalue weighted by molar-refractivity contribution is 14.1. The Morgan fingerprint density at radius 3 is 2.68 bits per heavy atom. The number of hydrogen-bond acceptors (Lipinski definition) is 4. The van der Waals surface area contributed by atoms with E-state index in [1.54, 1.807) is 44.0 Å². The Bertz CT molecular complexity index is 981. The summed E-state index contributed by atoms with van der Waals surface area (Å²) in [7, 11) is 0. The first kappa shape index (κ1) is 20.2. The number of aromatic nitrogens is 3. The molecule has 0 saturated carbocycles. The van der Waals surface area contributed by atoms with E-state index in [4.69, 9.17) is 4.74 Å². The van der Waals surface area contributed by atoms with Gasteiger partial charge in [-0.15, -0.1) is 0 Å². The number of carbonyl (C=O) groups is 1. The second kappa shape index (κ2) is 8.26. The van der Waals surface area contributed by atoms with Crippen LogP contribution in [0.5, 0.6) is 0 Å². The maximum absolute atomic E-state index is 14.1. The lowest BCUT2D eigenvalue weighted by Gasteiger charge is -2.19. The van der Waals surface area contributed by atoms with Gasteiger partial charge in [0.2, 0.25) is 0 Å². The largest absolute Gasteiger partial charge is 0.444 e. The van der Waals surface area contributed by atoms with E-state index in [0.29, 0.717) is 16.9 Å². The maximum atomic E-state index is 14.1. The van der Waals surface area contributed by atoms with Gasteiger partial charge in [0.15, 0.2) is 5.82 Å². The lowest BCUT2D eigenvalue weighted by Crippen LogP contribution is -2.32. The van der Waals surface area contributed by atoms with Crippen molar-refractivity contribution in [2.24, 2.45) is 0 Å². The van der Waals surface area contributed by atoms with Gasteiger partial charge in [-0.1, -0.05) is 0 Å². The van der Waals surface area contributed by atoms with Crippen LogP contribution in [0.2, 0.25) is 0 Å². The second-order valence-electron chi connectivity index (χ2n) is 7.21. The lowest BCUT2D eigenvalue weighted by molar-refractivity contribution is 0.0523. The fourth-order valence-corrected chi connectivity index (χ4v) is 2.83. The Kier molecular flexibility index (Phi) is 5.97. The number of benzene rings is 1. The van der Waals surface area contributed by atoms with Crippen molar-refractivity contribution >= 4 is 28.7 Å². The summed E-state index contributed by atoms with van der Waals surface area (Å²) in [6, 6.07) is 8.42. The number of pyridine rings is 1. The molecule has 0 fully saturated rings. The molecular weight excluding hydrogens is 474 g/mol. The fourth-order valence-electron chi connectivity index (χ4n) is 2.51. The van der Waals surface area contributed by atoms with E-state index >= 15 is 0 Å². The molecule has 0 bridgehead atoms. The van der Waals surface area contributed by atoms with Crippen LogP contribution < -0.4 is 5.32 Å². The smallest absolute Gasteiger partial charge is 0.407 e. The van der Waals surface area contributed by atoms with Gasteiger partial charge in [-0.05, 0) is 84.8 Å². The molecule has 1 aromatic carbocycles. The summed E-state index contributed by atoms with van der Waals surface area (Å²) in [5.74, 6) is 0.286. The topological polar surface area (TPSA) is 69.0 Å². The zero-order valence-corrected chi connectivity index (χ0v) is 17.9. The van der Waals surface area contributed by atoms with E-state index in [0.717, 1.165) is 9.13 Å². The highest BCUT2D eigenvalue weighted by atomic mass is 127. The molecule has 0 aliphatic rings. The molecule has 2 aromatic heterocycles. The van der Waals surface area contributed by atoms with E-state index in [-0.39, 0.29) is 6.54 Å². The number of alkyl carbamates (subject to hydrolysis) is 1. The summed E-state index contributed by atoms with van der Waals surface area (Å²) in [5, 5.41) is 6.94. The Labute approximate surface area is 176 Å². The van der Waals surface area contributed by atoms with Crippen molar-refractivity contribution in [2.45, 2.75) is 32.9 Å². The van der Waals surface area contributed by atoms with Crippen molar-refractivity contribution in [3.8, 4) is 16.9 Å². The zero-order valence-electron chi connectivity index (χ0n) is 15.7. The van der Waals surface area contributed by atoms with E-state index in [1.165, 1.54) is 12.1 Å². The van der Waals surface area contributed by atoms with Gasteiger partial charge in [0.25, 0.3) is 0 Å². The predicted molar refractivity (Wildman–Crippen MR) is 113 cm³/mol. The normalized spacial score (nSPS) is 11.3. The first-order valence-corrected chi connectivity index (χ1v) is 9.71. The van der Waals surface area contributed by atoms with Crippen molar-refractivity contribution in [1.82, 2.24) is 20.1 Å². The van der Waals surface area contributed by atoms with Crippen LogP contribution in [0.3, 0.4) is 0 Å². The summed E-state index contributed by atoms with van der Waals surface area (Å²) in [6.07, 6.45) is 4.64. The number of rotatable bonds is 4. The third kappa shape index (κ3) is 5.51. The van der Waals surface area contributed by atoms with Crippen LogP contribution in [0.25, 0.3) is 16.9 Å². The van der Waals surface area contributed by atoms with E-state index in [1.807, 2.05) is 18.2 Å². The summed E-state index contributed by atoms with van der Waals surface area (Å²) in [4.78, 5) is 16.1. The third-order valence-corrected chi connectivity index (χ3v) is 4.29. The quantitative estimate of drug-likeness (QED) is 0.534. The van der Waals surface area contributed by atoms with Gasteiger partial charge in [0, 0.05) is 28.1 Å². The fraction of sp³-hybridized carbons (Fsp3) is 0.250. The first-order chi connectivity index (χ1) is 13.2. The molecule has 1 amide bonds. The lowest BCUT2D eigenvalue weighted by atomic mass is 10.1. The summed E-state index contributed by atoms with van der Waals surface area (Å²) < 4.78 is 22.0. The molecule has 28 heavy (non-hydrogen) atoms. The second-order valence-corrected chi connectivity index (χ2v) is 8.46. The van der Waals surface area contributed by atoms with Gasteiger partial charge in [-0.2, -0.15) is 5.10 Å². The molecule has 2 heterocycles. The number of nitrogens with zero attached hydrogens (tertiary/aromatic N) is 3. The highest BCUT2D eigenvalue weighted by Gasteiger charge is 2.16. The molecule has 3 rings (SSSR count). The Balaban J connectivity index is 1.76. The van der Waals surface area contributed by atoms with Crippen molar-refractivity contribution < 1.29 is 13.9 Å². The van der Waals surface area contributed by atoms with Crippen molar-refractivity contribution in [2.75, 3.05) is 0 Å². The van der Waals surface area contributed by atoms with Gasteiger partial charge >= 0.3 is 6.09 Å². The highest BCUT2D eigenvalue weighted by Crippen LogP contribution is 2.23. The molecule has 0 atom stereocenters. The van der Waals surface area contributed by atoms with Gasteiger partial charge in [0.05, 0.1) is 6.20 Å². The molecule has 0 spiro atoms. The van der Waals surface area contributed by atoms with Crippen LogP contribution in [0.15, 0.2) is 48.9 Å². The predicted octanol–water partition coefficient (Wildman–Crippen LogP) is 4.70. The van der Waals surface area contributed by atoms with Crippen LogP contribution in [0.4, 0.5) is 9.18 Å². The summed E-state index contributed by atoms with van der Waals surface area (Å²) in [6.45, 7) is 5.51. The number of amides is 1. The molecule has 146 valence electrons. The Morgan fingerprint density at radius 1 is 1.21 bits per heavy atom. The number of carbonyl (C=O) groups excluding carboxylic acids is 1. The number of halogens is 2. The molecule has 8 heteroatoms. The molecule has 0 unspecified atom stereocenters. The molecular formula is C20H20FIN4O2. The van der Waals surface area contributed by atoms with Gasteiger partial charge in [-0.25, -0.2) is 18.9 Å². The minimum atomic E-state index is -0.588. The Morgan fingerprint density at radius 2 is 2.00 bits per heavy atom. The van der Waals surface area contributed by atoms with Crippen molar-refractivity contribution in [1.29, 1.82) is 0 Å². The summed E-state index contributed by atoms with van der Waals surface area (Å²) >= 11 is 2.18. The molecule has 1 N–H and O–H groups in total. The van der Waals surface area contributed by atoms with Gasteiger partial charge in [0.1, 0.15) is 11.4 Å². The molecule has 0 aliphatic carbocycles. The van der Waals surface area contributed by atoms with Crippen LogP contribution in [-0.2, 0) is 11.3 Å². The number of hydrogen-bond donors (Lipinski definition) is 1.